The topological polar surface area (TPSA) is 0 Å². The van der Waals surface area contributed by atoms with Gasteiger partial charge in [-0.2, -0.15) is 0 Å². The van der Waals surface area contributed by atoms with Gasteiger partial charge in [-0.15, -0.1) is 0 Å². The monoisotopic (exact) mass is 298 g/mol. The van der Waals surface area contributed by atoms with Gasteiger partial charge in [0, 0.05) is 5.92 Å². The molecule has 1 unspecified atom stereocenters. The van der Waals surface area contributed by atoms with Crippen molar-refractivity contribution in [1.29, 1.82) is 0 Å². The highest BCUT2D eigenvalue weighted by Crippen LogP contribution is 2.18. The molecular weight excluding hydrogens is 254 g/mol. The molecule has 0 aliphatic rings. The summed E-state index contributed by atoms with van der Waals surface area (Å²) in [5.41, 5.74) is 0. The molecule has 0 aliphatic heterocycles. The highest BCUT2D eigenvalue weighted by atomic mass is 15.3. The number of hydrogen-bond donors (Lipinski definition) is 0. The molecule has 0 rings (SSSR count). The van der Waals surface area contributed by atoms with Gasteiger partial charge in [-0.1, -0.05) is 72.1 Å². The summed E-state index contributed by atoms with van der Waals surface area (Å²) in [6.07, 6.45) is 17.0. The molecule has 0 saturated heterocycles. The minimum Gasteiger partial charge on any atom is -0.328 e. The van der Waals surface area contributed by atoms with Crippen LogP contribution in [-0.2, 0) is 0 Å². The number of hydrogen-bond acceptors (Lipinski definition) is 0. The molecule has 0 fully saturated rings. The van der Waals surface area contributed by atoms with Gasteiger partial charge < -0.3 is 4.48 Å². The molecule has 0 amide bonds. The van der Waals surface area contributed by atoms with Gasteiger partial charge in [-0.25, -0.2) is 0 Å². The highest BCUT2D eigenvalue weighted by Gasteiger charge is 2.20. The lowest BCUT2D eigenvalue weighted by Crippen LogP contribution is -2.44. The minimum absolute atomic E-state index is 0.939. The van der Waals surface area contributed by atoms with Crippen molar-refractivity contribution in [2.45, 2.75) is 97.8 Å². The lowest BCUT2D eigenvalue weighted by molar-refractivity contribution is -0.894. The molecule has 0 aromatic carbocycles. The predicted molar refractivity (Wildman–Crippen MR) is 97.8 cm³/mol. The van der Waals surface area contributed by atoms with Gasteiger partial charge in [0.1, 0.15) is 0 Å². The van der Waals surface area contributed by atoms with Crippen LogP contribution >= 0.6 is 0 Å². The van der Waals surface area contributed by atoms with E-state index in [-0.39, 0.29) is 0 Å². The Labute approximate surface area is 136 Å². The summed E-state index contributed by atoms with van der Waals surface area (Å²) < 4.78 is 1.23. The molecule has 21 heavy (non-hydrogen) atoms. The van der Waals surface area contributed by atoms with Crippen molar-refractivity contribution in [2.75, 3.05) is 27.2 Å². The summed E-state index contributed by atoms with van der Waals surface area (Å²) in [5.74, 6) is 0.939. The fourth-order valence-electron chi connectivity index (χ4n) is 3.38. The normalized spacial score (nSPS) is 13.6. The van der Waals surface area contributed by atoms with Gasteiger partial charge in [0.25, 0.3) is 0 Å². The molecule has 0 heterocycles. The quantitative estimate of drug-likeness (QED) is 0.242. The van der Waals surface area contributed by atoms with Crippen molar-refractivity contribution in [2.24, 2.45) is 5.92 Å². The lowest BCUT2D eigenvalue weighted by Gasteiger charge is -2.33. The Kier molecular flexibility index (Phi) is 13.6. The summed E-state index contributed by atoms with van der Waals surface area (Å²) in [4.78, 5) is 0. The zero-order valence-electron chi connectivity index (χ0n) is 15.9. The van der Waals surface area contributed by atoms with E-state index in [1.165, 1.54) is 94.6 Å². The van der Waals surface area contributed by atoms with Crippen LogP contribution in [-0.4, -0.2) is 31.7 Å². The number of unbranched alkanes of at least 4 members (excludes halogenated alkanes) is 8. The summed E-state index contributed by atoms with van der Waals surface area (Å²) >= 11 is 0. The Hall–Kier alpha value is -0.0400. The van der Waals surface area contributed by atoms with E-state index in [2.05, 4.69) is 34.9 Å². The van der Waals surface area contributed by atoms with Crippen molar-refractivity contribution in [3.05, 3.63) is 0 Å². The maximum Gasteiger partial charge on any atom is 0.0810 e. The minimum atomic E-state index is 0.939. The van der Waals surface area contributed by atoms with Crippen molar-refractivity contribution in [3.63, 3.8) is 0 Å². The van der Waals surface area contributed by atoms with E-state index in [0.29, 0.717) is 0 Å². The Morgan fingerprint density at radius 2 is 1.19 bits per heavy atom. The maximum atomic E-state index is 2.44. The molecule has 128 valence electrons. The first kappa shape index (κ1) is 21.0. The zero-order chi connectivity index (χ0) is 16.0. The van der Waals surface area contributed by atoms with Crippen molar-refractivity contribution in [1.82, 2.24) is 0 Å². The largest absolute Gasteiger partial charge is 0.328 e. The second-order valence-electron chi connectivity index (χ2n) is 7.73. The van der Waals surface area contributed by atoms with E-state index in [4.69, 9.17) is 0 Å². The predicted octanol–water partition coefficient (Wildman–Crippen LogP) is 6.42. The van der Waals surface area contributed by atoms with Gasteiger partial charge >= 0.3 is 0 Å². The molecule has 0 aromatic rings. The second kappa shape index (κ2) is 13.6. The van der Waals surface area contributed by atoms with Crippen molar-refractivity contribution >= 4 is 0 Å². The number of quaternary nitrogens is 1. The second-order valence-corrected chi connectivity index (χ2v) is 7.73. The molecule has 0 saturated carbocycles. The van der Waals surface area contributed by atoms with Crippen LogP contribution in [0.25, 0.3) is 0 Å². The molecular formula is C20H44N+. The van der Waals surface area contributed by atoms with Crippen LogP contribution in [0.2, 0.25) is 0 Å². The Bertz CT molecular complexity index is 210. The summed E-state index contributed by atoms with van der Waals surface area (Å²) in [6, 6.07) is 0. The maximum absolute atomic E-state index is 2.44. The van der Waals surface area contributed by atoms with Gasteiger partial charge in [-0.3, -0.25) is 0 Å². The zero-order valence-corrected chi connectivity index (χ0v) is 15.9. The van der Waals surface area contributed by atoms with Crippen molar-refractivity contribution in [3.8, 4) is 0 Å². The fourth-order valence-corrected chi connectivity index (χ4v) is 3.38. The van der Waals surface area contributed by atoms with Gasteiger partial charge in [0.05, 0.1) is 27.2 Å². The SMILES string of the molecule is CCCCCCCCCC[N+](C)(C)CC(CC)CCCC. The van der Waals surface area contributed by atoms with Gasteiger partial charge in [0.2, 0.25) is 0 Å². The van der Waals surface area contributed by atoms with Gasteiger partial charge in [-0.05, 0) is 25.7 Å². The van der Waals surface area contributed by atoms with Crippen molar-refractivity contribution < 1.29 is 4.48 Å². The standard InChI is InChI=1S/C20H44N/c1-6-9-11-12-13-14-15-16-18-21(4,5)19-20(8-3)17-10-7-2/h20H,6-19H2,1-5H3/q+1. The fraction of sp³-hybridized carbons (Fsp3) is 1.00. The Balaban J connectivity index is 3.66. The first-order valence-corrected chi connectivity index (χ1v) is 9.87. The smallest absolute Gasteiger partial charge is 0.0810 e. The lowest BCUT2D eigenvalue weighted by atomic mass is 9.98. The first-order valence-electron chi connectivity index (χ1n) is 9.87. The molecule has 0 aromatic heterocycles. The van der Waals surface area contributed by atoms with E-state index in [0.717, 1.165) is 5.92 Å². The average Bonchev–Trinajstić information content (AvgIpc) is 2.46. The van der Waals surface area contributed by atoms with Crippen LogP contribution in [0.1, 0.15) is 97.8 Å². The highest BCUT2D eigenvalue weighted by molar-refractivity contribution is 4.57. The van der Waals surface area contributed by atoms with Gasteiger partial charge in [0.15, 0.2) is 0 Å². The van der Waals surface area contributed by atoms with E-state index < -0.39 is 0 Å². The Morgan fingerprint density at radius 1 is 0.667 bits per heavy atom. The van der Waals surface area contributed by atoms with Crippen LogP contribution in [0.3, 0.4) is 0 Å². The Morgan fingerprint density at radius 3 is 1.71 bits per heavy atom. The number of rotatable bonds is 15. The molecule has 0 aliphatic carbocycles. The third-order valence-corrected chi connectivity index (χ3v) is 4.91. The third kappa shape index (κ3) is 13.4. The van der Waals surface area contributed by atoms with Crippen LogP contribution < -0.4 is 0 Å². The summed E-state index contributed by atoms with van der Waals surface area (Å²) in [7, 11) is 4.88. The molecule has 0 bridgehead atoms. The third-order valence-electron chi connectivity index (χ3n) is 4.91. The molecule has 1 nitrogen and oxygen atoms in total. The summed E-state index contributed by atoms with van der Waals surface area (Å²) in [5, 5.41) is 0. The average molecular weight is 299 g/mol. The van der Waals surface area contributed by atoms with E-state index in [9.17, 15) is 0 Å². The summed E-state index contributed by atoms with van der Waals surface area (Å²) in [6.45, 7) is 9.73. The number of nitrogens with zero attached hydrogens (tertiary/aromatic N) is 1. The molecule has 1 atom stereocenters. The molecule has 1 heteroatoms. The van der Waals surface area contributed by atoms with E-state index in [1.807, 2.05) is 0 Å². The van der Waals surface area contributed by atoms with Crippen LogP contribution in [0, 0.1) is 5.92 Å². The van der Waals surface area contributed by atoms with E-state index in [1.54, 1.807) is 0 Å². The molecule has 0 spiro atoms. The van der Waals surface area contributed by atoms with Crippen LogP contribution in [0.4, 0.5) is 0 Å². The van der Waals surface area contributed by atoms with Crippen LogP contribution in [0.15, 0.2) is 0 Å². The first-order chi connectivity index (χ1) is 10.1. The van der Waals surface area contributed by atoms with E-state index >= 15 is 0 Å². The molecule has 0 radical (unpaired) electrons. The molecule has 0 N–H and O–H groups in total. The van der Waals surface area contributed by atoms with Crippen LogP contribution in [0.5, 0.6) is 0 Å².